The Balaban J connectivity index is 1.04. The number of carbonyl (C=O) groups is 1. The Morgan fingerprint density at radius 3 is 2.41 bits per heavy atom. The molecule has 2 aromatic carbocycles. The van der Waals surface area contributed by atoms with Crippen LogP contribution < -0.4 is 27.3 Å². The molecule has 1 aromatic heterocycles. The zero-order valence-corrected chi connectivity index (χ0v) is 30.8. The highest BCUT2D eigenvalue weighted by Gasteiger charge is 2.46. The number of phenolic OH excluding ortho intramolecular Hbond substituents is 1. The van der Waals surface area contributed by atoms with E-state index >= 15 is 0 Å². The van der Waals surface area contributed by atoms with E-state index in [9.17, 15) is 58.5 Å². The maximum Gasteiger partial charge on any atom is 0.481 e. The average molecular weight is 837 g/mol. The number of nitrogens with zero attached hydrogens (tertiary/aromatic N) is 1. The van der Waals surface area contributed by atoms with Crippen molar-refractivity contribution in [2.24, 2.45) is 0 Å². The van der Waals surface area contributed by atoms with E-state index in [1.807, 2.05) is 4.98 Å². The molecule has 3 aliphatic rings. The number of aromatic hydroxyl groups is 1. The highest BCUT2D eigenvalue weighted by molar-refractivity contribution is 7.80. The zero-order valence-electron chi connectivity index (χ0n) is 28.2. The van der Waals surface area contributed by atoms with Crippen LogP contribution in [0, 0.1) is 0 Å². The number of fused-ring (bicyclic) bond motifs is 2. The number of phosphoric ester groups is 2. The number of phosphoric acid groups is 2. The topological polar surface area (TPSA) is 319 Å². The number of hydrogen-bond acceptors (Lipinski definition) is 15. The van der Waals surface area contributed by atoms with Gasteiger partial charge in [0.1, 0.15) is 35.4 Å². The molecular weight excluding hydrogens is 806 g/mol. The number of H-pyrrole nitrogens is 1. The van der Waals surface area contributed by atoms with Crippen LogP contribution >= 0.6 is 27.9 Å². The van der Waals surface area contributed by atoms with E-state index in [1.165, 1.54) is 48.5 Å². The molecular formula is C32H30N4O17P2S. The maximum atomic E-state index is 12.5. The number of benzene rings is 3. The number of aromatic amines is 1. The lowest BCUT2D eigenvalue weighted by Gasteiger charge is -2.19. The molecule has 9 N–H and O–H groups in total. The van der Waals surface area contributed by atoms with Gasteiger partial charge in [0.05, 0.1) is 18.8 Å². The summed E-state index contributed by atoms with van der Waals surface area (Å²) in [6, 6.07) is 13.6. The van der Waals surface area contributed by atoms with E-state index in [0.29, 0.717) is 16.5 Å². The van der Waals surface area contributed by atoms with Crippen LogP contribution in [0.4, 0.5) is 5.69 Å². The second kappa shape index (κ2) is 16.2. The van der Waals surface area contributed by atoms with E-state index in [-0.39, 0.29) is 51.0 Å². The van der Waals surface area contributed by atoms with Gasteiger partial charge < -0.3 is 50.0 Å². The number of aromatic carboxylic acids is 1. The lowest BCUT2D eigenvalue weighted by Crippen LogP contribution is -2.37. The Kier molecular flexibility index (Phi) is 11.7. The fourth-order valence-electron chi connectivity index (χ4n) is 5.74. The predicted molar refractivity (Wildman–Crippen MR) is 197 cm³/mol. The van der Waals surface area contributed by atoms with Crippen molar-refractivity contribution >= 4 is 55.6 Å². The molecule has 1 aliphatic carbocycles. The third-order valence-electron chi connectivity index (χ3n) is 8.17. The Morgan fingerprint density at radius 1 is 0.946 bits per heavy atom. The largest absolute Gasteiger partial charge is 0.508 e. The summed E-state index contributed by atoms with van der Waals surface area (Å²) in [5.41, 5.74) is -0.692. The van der Waals surface area contributed by atoms with Crippen molar-refractivity contribution in [3.8, 4) is 28.2 Å². The number of nitrogens with one attached hydrogen (secondary N) is 3. The Labute approximate surface area is 317 Å². The molecule has 2 aliphatic heterocycles. The van der Waals surface area contributed by atoms with Crippen molar-refractivity contribution in [1.82, 2.24) is 14.9 Å². The van der Waals surface area contributed by atoms with Crippen LogP contribution in [0.15, 0.2) is 85.7 Å². The normalized spacial score (nSPS) is 20.4. The number of phenols is 1. The lowest BCUT2D eigenvalue weighted by atomic mass is 9.90. The molecule has 56 heavy (non-hydrogen) atoms. The Morgan fingerprint density at radius 2 is 1.68 bits per heavy atom. The number of aliphatic hydroxyl groups is 2. The van der Waals surface area contributed by atoms with Gasteiger partial charge >= 0.3 is 27.3 Å². The molecule has 296 valence electrons. The first-order chi connectivity index (χ1) is 26.4. The summed E-state index contributed by atoms with van der Waals surface area (Å²) >= 11 is 5.23. The van der Waals surface area contributed by atoms with Gasteiger partial charge in [-0.25, -0.2) is 18.7 Å². The van der Waals surface area contributed by atoms with Crippen molar-refractivity contribution < 1.29 is 66.6 Å². The predicted octanol–water partition coefficient (Wildman–Crippen LogP) is 1.68. The first-order valence-electron chi connectivity index (χ1n) is 16.0. The number of aliphatic hydroxyl groups excluding tert-OH is 2. The van der Waals surface area contributed by atoms with Gasteiger partial charge in [0.25, 0.3) is 5.56 Å². The molecule has 0 spiro atoms. The number of carboxylic acid groups (broad SMARTS) is 1. The fraction of sp³-hybridized carbons (Fsp3) is 0.219. The summed E-state index contributed by atoms with van der Waals surface area (Å²) in [6.45, 7) is -1.86. The first-order valence-corrected chi connectivity index (χ1v) is 19.4. The Bertz CT molecular complexity index is 2580. The summed E-state index contributed by atoms with van der Waals surface area (Å²) in [6.07, 6.45) is -5.58. The van der Waals surface area contributed by atoms with Gasteiger partial charge in [-0.15, -0.1) is 0 Å². The third-order valence-corrected chi connectivity index (χ3v) is 11.0. The smallest absolute Gasteiger partial charge is 0.481 e. The Hall–Kier alpha value is -5.09. The van der Waals surface area contributed by atoms with Crippen LogP contribution in [-0.2, 0) is 27.2 Å². The van der Waals surface area contributed by atoms with Gasteiger partial charge in [-0.3, -0.25) is 28.2 Å². The molecule has 6 unspecified atom stereocenters. The van der Waals surface area contributed by atoms with E-state index in [4.69, 9.17) is 25.9 Å². The standard InChI is InChI=1S/C32H30N4O17P2S/c37-16-2-5-19-22(12-16)51-23-13-17(38)3-6-20(23)26(19)18-4-1-15(11-21(18)30(42)43)34-31(56)33-8-10-49-54(45,46)53-55(47,48)50-14-24-27(40)28(41)29(52-24)36-9-7-25(39)35-32(36)44/h1-7,9,11-13,24,27-29,37,40-41H,8,10,14H2,(H,42,43)(H,45,46)(H,47,48)(H2,33,34,56)(H,35,39,44). The molecule has 3 aromatic rings. The molecule has 6 rings (SSSR count). The second-order valence-corrected chi connectivity index (χ2v) is 15.4. The van der Waals surface area contributed by atoms with Crippen molar-refractivity contribution in [2.45, 2.75) is 24.5 Å². The number of ether oxygens (including phenoxy) is 1. The number of hydrogen-bond donors (Lipinski definition) is 9. The van der Waals surface area contributed by atoms with Crippen molar-refractivity contribution in [3.63, 3.8) is 0 Å². The SMILES string of the molecule is O=C(O)c1cc(NC(=S)NCCOP(=O)(O)OP(=O)(O)OCC2OC(n3ccc(=O)[nH]c3=O)C(O)C2O)ccc1-c1c2ccc(=O)cc-2oc2cc(O)ccc12. The minimum atomic E-state index is -5.37. The first kappa shape index (κ1) is 40.6. The molecule has 6 atom stereocenters. The van der Waals surface area contributed by atoms with Crippen molar-refractivity contribution in [3.05, 3.63) is 103 Å². The van der Waals surface area contributed by atoms with Crippen molar-refractivity contribution in [1.29, 1.82) is 0 Å². The summed E-state index contributed by atoms with van der Waals surface area (Å²) in [5.74, 6) is -1.25. The van der Waals surface area contributed by atoms with E-state index in [2.05, 4.69) is 19.5 Å². The maximum absolute atomic E-state index is 12.5. The van der Waals surface area contributed by atoms with Crippen LogP contribution in [0.3, 0.4) is 0 Å². The van der Waals surface area contributed by atoms with E-state index in [0.717, 1.165) is 16.8 Å². The third kappa shape index (κ3) is 9.13. The van der Waals surface area contributed by atoms with Crippen LogP contribution in [0.2, 0.25) is 0 Å². The number of thiocarbonyl (C=S) groups is 1. The molecule has 24 heteroatoms. The molecule has 1 saturated heterocycles. The number of anilines is 1. The molecule has 0 saturated carbocycles. The van der Waals surface area contributed by atoms with Gasteiger partial charge in [0.2, 0.25) is 0 Å². The van der Waals surface area contributed by atoms with Crippen LogP contribution in [0.5, 0.6) is 5.75 Å². The molecule has 0 amide bonds. The van der Waals surface area contributed by atoms with Gasteiger partial charge in [-0.1, -0.05) is 6.07 Å². The summed E-state index contributed by atoms with van der Waals surface area (Å²) in [5, 5.41) is 46.5. The van der Waals surface area contributed by atoms with Gasteiger partial charge in [0, 0.05) is 53.1 Å². The van der Waals surface area contributed by atoms with Crippen LogP contribution in [0.1, 0.15) is 16.6 Å². The van der Waals surface area contributed by atoms with Crippen molar-refractivity contribution in [2.75, 3.05) is 25.1 Å². The summed E-state index contributed by atoms with van der Waals surface area (Å²) < 4.78 is 50.3. The molecule has 21 nitrogen and oxygen atoms in total. The summed E-state index contributed by atoms with van der Waals surface area (Å²) in [7, 11) is -10.6. The minimum Gasteiger partial charge on any atom is -0.508 e. The van der Waals surface area contributed by atoms with Crippen LogP contribution in [-0.4, -0.2) is 88.9 Å². The number of carboxylic acids is 1. The molecule has 0 bridgehead atoms. The quantitative estimate of drug-likeness (QED) is 0.0352. The zero-order chi connectivity index (χ0) is 40.5. The van der Waals surface area contributed by atoms with E-state index in [1.54, 1.807) is 6.07 Å². The van der Waals surface area contributed by atoms with Gasteiger partial charge in [0.15, 0.2) is 16.8 Å². The number of aromatic nitrogens is 2. The second-order valence-electron chi connectivity index (χ2n) is 12.0. The fourth-order valence-corrected chi connectivity index (χ4v) is 8.03. The molecule has 1 fully saturated rings. The lowest BCUT2D eigenvalue weighted by molar-refractivity contribution is -0.0543. The van der Waals surface area contributed by atoms with Gasteiger partial charge in [-0.05, 0) is 54.2 Å². The van der Waals surface area contributed by atoms with Crippen LogP contribution in [0.25, 0.3) is 33.4 Å². The molecule has 0 radical (unpaired) electrons. The highest BCUT2D eigenvalue weighted by Crippen LogP contribution is 2.60. The summed E-state index contributed by atoms with van der Waals surface area (Å²) in [4.78, 5) is 69.8. The van der Waals surface area contributed by atoms with Gasteiger partial charge in [-0.2, -0.15) is 4.31 Å². The average Bonchev–Trinajstić information content (AvgIpc) is 3.39. The highest BCUT2D eigenvalue weighted by atomic mass is 32.1. The van der Waals surface area contributed by atoms with E-state index < -0.39 is 70.6 Å². The number of rotatable bonds is 13. The monoisotopic (exact) mass is 836 g/mol. The molecule has 3 heterocycles. The minimum absolute atomic E-state index is 0.0878.